The Morgan fingerprint density at radius 1 is 1.06 bits per heavy atom. The van der Waals surface area contributed by atoms with Crippen molar-refractivity contribution in [3.8, 4) is 5.75 Å². The number of hydrogen-bond donors (Lipinski definition) is 1. The zero-order valence-corrected chi connectivity index (χ0v) is 10.3. The Hall–Kier alpha value is -1.12. The molecular formula is C13H11ClOS. The molecule has 0 aliphatic heterocycles. The third-order valence-corrected chi connectivity index (χ3v) is 3.62. The quantitative estimate of drug-likeness (QED) is 0.847. The van der Waals surface area contributed by atoms with Gasteiger partial charge in [0.15, 0.2) is 0 Å². The van der Waals surface area contributed by atoms with Crippen molar-refractivity contribution in [3.05, 3.63) is 53.1 Å². The fourth-order valence-electron chi connectivity index (χ4n) is 1.37. The summed E-state index contributed by atoms with van der Waals surface area (Å²) in [6.45, 7) is 2.04. The van der Waals surface area contributed by atoms with Crippen molar-refractivity contribution in [2.45, 2.75) is 16.7 Å². The fourth-order valence-corrected chi connectivity index (χ4v) is 2.48. The highest BCUT2D eigenvalue weighted by atomic mass is 35.5. The van der Waals surface area contributed by atoms with Crippen LogP contribution >= 0.6 is 23.4 Å². The van der Waals surface area contributed by atoms with Crippen LogP contribution in [0.25, 0.3) is 0 Å². The van der Waals surface area contributed by atoms with Gasteiger partial charge in [-0.25, -0.2) is 0 Å². The molecule has 0 aliphatic rings. The normalized spacial score (nSPS) is 10.4. The van der Waals surface area contributed by atoms with Crippen LogP contribution in [0.3, 0.4) is 0 Å². The van der Waals surface area contributed by atoms with Gasteiger partial charge in [0.1, 0.15) is 5.75 Å². The molecule has 0 saturated heterocycles. The Labute approximate surface area is 104 Å². The van der Waals surface area contributed by atoms with Gasteiger partial charge < -0.3 is 5.11 Å². The van der Waals surface area contributed by atoms with Crippen molar-refractivity contribution in [2.24, 2.45) is 0 Å². The van der Waals surface area contributed by atoms with Gasteiger partial charge in [0.25, 0.3) is 0 Å². The second-order valence-electron chi connectivity index (χ2n) is 3.51. The van der Waals surface area contributed by atoms with Crippen LogP contribution in [-0.2, 0) is 0 Å². The van der Waals surface area contributed by atoms with E-state index < -0.39 is 0 Å². The summed E-state index contributed by atoms with van der Waals surface area (Å²) in [6, 6.07) is 13.0. The van der Waals surface area contributed by atoms with E-state index in [-0.39, 0.29) is 5.75 Å². The number of halogens is 1. The molecule has 0 aliphatic carbocycles. The van der Waals surface area contributed by atoms with Crippen LogP contribution < -0.4 is 0 Å². The predicted molar refractivity (Wildman–Crippen MR) is 68.4 cm³/mol. The first-order valence-corrected chi connectivity index (χ1v) is 6.07. The molecule has 0 fully saturated rings. The summed E-state index contributed by atoms with van der Waals surface area (Å²) in [5.41, 5.74) is 1.16. The molecule has 0 aromatic heterocycles. The summed E-state index contributed by atoms with van der Waals surface area (Å²) in [4.78, 5) is 2.28. The zero-order valence-electron chi connectivity index (χ0n) is 8.77. The van der Waals surface area contributed by atoms with Gasteiger partial charge in [-0.3, -0.25) is 0 Å². The second kappa shape index (κ2) is 4.81. The van der Waals surface area contributed by atoms with Gasteiger partial charge in [-0.2, -0.15) is 0 Å². The molecule has 2 aromatic carbocycles. The number of hydrogen-bond acceptors (Lipinski definition) is 2. The SMILES string of the molecule is Cc1cc(Cl)ccc1Sc1ccc(O)cc1. The standard InChI is InChI=1S/C13H11ClOS/c1-9-8-10(14)2-7-13(9)16-12-5-3-11(15)4-6-12/h2-8,15H,1H3. The maximum absolute atomic E-state index is 9.19. The van der Waals surface area contributed by atoms with Crippen molar-refractivity contribution in [2.75, 3.05) is 0 Å². The summed E-state index contributed by atoms with van der Waals surface area (Å²) in [6.07, 6.45) is 0. The van der Waals surface area contributed by atoms with Crippen molar-refractivity contribution < 1.29 is 5.11 Å². The average Bonchev–Trinajstić information content (AvgIpc) is 2.25. The molecule has 0 amide bonds. The largest absolute Gasteiger partial charge is 0.508 e. The summed E-state index contributed by atoms with van der Waals surface area (Å²) in [5.74, 6) is 0.289. The lowest BCUT2D eigenvalue weighted by molar-refractivity contribution is 0.475. The van der Waals surface area contributed by atoms with E-state index in [0.717, 1.165) is 15.5 Å². The molecule has 3 heteroatoms. The van der Waals surface area contributed by atoms with Crippen LogP contribution in [0.2, 0.25) is 5.02 Å². The van der Waals surface area contributed by atoms with E-state index in [1.165, 1.54) is 4.90 Å². The maximum Gasteiger partial charge on any atom is 0.115 e. The van der Waals surface area contributed by atoms with E-state index in [4.69, 9.17) is 11.6 Å². The van der Waals surface area contributed by atoms with Crippen molar-refractivity contribution in [1.29, 1.82) is 0 Å². The Bertz CT molecular complexity index is 494. The van der Waals surface area contributed by atoms with Gasteiger partial charge in [0.05, 0.1) is 0 Å². The van der Waals surface area contributed by atoms with E-state index in [1.807, 2.05) is 37.3 Å². The first-order valence-electron chi connectivity index (χ1n) is 4.88. The minimum atomic E-state index is 0.289. The minimum absolute atomic E-state index is 0.289. The number of aryl methyl sites for hydroxylation is 1. The molecule has 82 valence electrons. The minimum Gasteiger partial charge on any atom is -0.508 e. The van der Waals surface area contributed by atoms with Gasteiger partial charge in [0.2, 0.25) is 0 Å². The predicted octanol–water partition coefficient (Wildman–Crippen LogP) is 4.51. The molecule has 1 nitrogen and oxygen atoms in total. The van der Waals surface area contributed by atoms with Crippen LogP contribution in [0.4, 0.5) is 0 Å². The van der Waals surface area contributed by atoms with E-state index in [9.17, 15) is 5.11 Å². The summed E-state index contributed by atoms with van der Waals surface area (Å²) in [5, 5.41) is 9.94. The maximum atomic E-state index is 9.19. The number of benzene rings is 2. The summed E-state index contributed by atoms with van der Waals surface area (Å²) >= 11 is 7.56. The van der Waals surface area contributed by atoms with Crippen molar-refractivity contribution in [3.63, 3.8) is 0 Å². The summed E-state index contributed by atoms with van der Waals surface area (Å²) in [7, 11) is 0. The van der Waals surface area contributed by atoms with E-state index in [2.05, 4.69) is 0 Å². The number of phenols is 1. The Morgan fingerprint density at radius 3 is 2.38 bits per heavy atom. The first kappa shape index (κ1) is 11.4. The molecule has 16 heavy (non-hydrogen) atoms. The topological polar surface area (TPSA) is 20.2 Å². The fraction of sp³-hybridized carbons (Fsp3) is 0.0769. The zero-order chi connectivity index (χ0) is 11.5. The highest BCUT2D eigenvalue weighted by Crippen LogP contribution is 2.32. The lowest BCUT2D eigenvalue weighted by Crippen LogP contribution is -1.79. The van der Waals surface area contributed by atoms with E-state index in [0.29, 0.717) is 0 Å². The lowest BCUT2D eigenvalue weighted by atomic mass is 10.2. The molecule has 2 rings (SSSR count). The van der Waals surface area contributed by atoms with Crippen LogP contribution in [0.5, 0.6) is 5.75 Å². The highest BCUT2D eigenvalue weighted by Gasteiger charge is 2.01. The Morgan fingerprint density at radius 2 is 1.75 bits per heavy atom. The van der Waals surface area contributed by atoms with E-state index >= 15 is 0 Å². The van der Waals surface area contributed by atoms with Gasteiger partial charge >= 0.3 is 0 Å². The monoisotopic (exact) mass is 250 g/mol. The molecule has 0 radical (unpaired) electrons. The Balaban J connectivity index is 2.23. The molecule has 0 bridgehead atoms. The molecule has 0 saturated carbocycles. The molecule has 0 spiro atoms. The van der Waals surface area contributed by atoms with Crippen molar-refractivity contribution in [1.82, 2.24) is 0 Å². The number of aromatic hydroxyl groups is 1. The molecule has 2 aromatic rings. The molecule has 0 atom stereocenters. The van der Waals surface area contributed by atoms with Gasteiger partial charge in [-0.15, -0.1) is 0 Å². The van der Waals surface area contributed by atoms with Crippen LogP contribution in [0.15, 0.2) is 52.3 Å². The van der Waals surface area contributed by atoms with Gasteiger partial charge in [-0.05, 0) is 55.0 Å². The van der Waals surface area contributed by atoms with Gasteiger partial charge in [0, 0.05) is 14.8 Å². The summed E-state index contributed by atoms with van der Waals surface area (Å²) < 4.78 is 0. The van der Waals surface area contributed by atoms with Gasteiger partial charge in [-0.1, -0.05) is 23.4 Å². The second-order valence-corrected chi connectivity index (χ2v) is 5.06. The number of rotatable bonds is 2. The smallest absolute Gasteiger partial charge is 0.115 e. The third-order valence-electron chi connectivity index (χ3n) is 2.20. The van der Waals surface area contributed by atoms with E-state index in [1.54, 1.807) is 23.9 Å². The molecule has 0 unspecified atom stereocenters. The van der Waals surface area contributed by atoms with Crippen LogP contribution in [-0.4, -0.2) is 5.11 Å². The molecule has 1 N–H and O–H groups in total. The molecular weight excluding hydrogens is 240 g/mol. The molecule has 0 heterocycles. The number of phenolic OH excluding ortho intramolecular Hbond substituents is 1. The van der Waals surface area contributed by atoms with Crippen LogP contribution in [0, 0.1) is 6.92 Å². The van der Waals surface area contributed by atoms with Crippen LogP contribution in [0.1, 0.15) is 5.56 Å². The van der Waals surface area contributed by atoms with Crippen molar-refractivity contribution >= 4 is 23.4 Å². The lowest BCUT2D eigenvalue weighted by Gasteiger charge is -2.05. The third kappa shape index (κ3) is 2.71. The Kier molecular flexibility index (Phi) is 3.42. The average molecular weight is 251 g/mol. The highest BCUT2D eigenvalue weighted by molar-refractivity contribution is 7.99. The first-order chi connectivity index (χ1) is 7.65.